The molecule has 104 valence electrons. The number of likely N-dealkylation sites (tertiary alicyclic amines) is 1. The van der Waals surface area contributed by atoms with Gasteiger partial charge in [0, 0.05) is 24.3 Å². The number of nitrogen functional groups attached to an aromatic ring is 1. The van der Waals surface area contributed by atoms with Crippen LogP contribution in [0.15, 0.2) is 18.2 Å². The van der Waals surface area contributed by atoms with Gasteiger partial charge in [-0.2, -0.15) is 0 Å². The van der Waals surface area contributed by atoms with E-state index in [1.54, 1.807) is 6.07 Å². The number of hydrogen-bond donors (Lipinski definition) is 3. The summed E-state index contributed by atoms with van der Waals surface area (Å²) in [4.78, 5) is 14.4. The van der Waals surface area contributed by atoms with Crippen molar-refractivity contribution in [2.24, 2.45) is 11.8 Å². The number of nitrogens with zero attached hydrogens (tertiary/aromatic N) is 1. The fraction of sp³-hybridized carbons (Fsp3) is 0.500. The van der Waals surface area contributed by atoms with Crippen LogP contribution in [0.4, 0.5) is 5.69 Å². The zero-order chi connectivity index (χ0) is 13.8. The highest BCUT2D eigenvalue weighted by Crippen LogP contribution is 2.16. The van der Waals surface area contributed by atoms with Gasteiger partial charge < -0.3 is 15.6 Å². The standard InChI is InChI=1S/C14H22N4O/c1-10-7-12(17-15)3-4-13(10)14(19)16-8-11-5-6-18(2)9-11/h3-4,7,11,17H,5-6,8-9,15H2,1-2H3,(H,16,19). The Morgan fingerprint density at radius 2 is 2.32 bits per heavy atom. The normalized spacial score (nSPS) is 19.4. The fourth-order valence-corrected chi connectivity index (χ4v) is 2.53. The maximum atomic E-state index is 12.1. The highest BCUT2D eigenvalue weighted by molar-refractivity contribution is 5.96. The van der Waals surface area contributed by atoms with Gasteiger partial charge in [-0.25, -0.2) is 0 Å². The van der Waals surface area contributed by atoms with Gasteiger partial charge in [-0.05, 0) is 56.6 Å². The third-order valence-electron chi connectivity index (χ3n) is 3.68. The zero-order valence-electron chi connectivity index (χ0n) is 11.6. The Kier molecular flexibility index (Phi) is 4.39. The van der Waals surface area contributed by atoms with Gasteiger partial charge in [0.15, 0.2) is 0 Å². The summed E-state index contributed by atoms with van der Waals surface area (Å²) in [5, 5.41) is 3.02. The van der Waals surface area contributed by atoms with E-state index < -0.39 is 0 Å². The van der Waals surface area contributed by atoms with Crippen molar-refractivity contribution in [2.45, 2.75) is 13.3 Å². The van der Waals surface area contributed by atoms with Crippen LogP contribution in [0, 0.1) is 12.8 Å². The van der Waals surface area contributed by atoms with Gasteiger partial charge in [0.2, 0.25) is 0 Å². The van der Waals surface area contributed by atoms with Gasteiger partial charge in [-0.1, -0.05) is 0 Å². The molecule has 1 aliphatic rings. The predicted octanol–water partition coefficient (Wildman–Crippen LogP) is 0.962. The number of rotatable bonds is 4. The van der Waals surface area contributed by atoms with E-state index in [1.807, 2.05) is 19.1 Å². The average Bonchev–Trinajstić information content (AvgIpc) is 2.81. The highest BCUT2D eigenvalue weighted by Gasteiger charge is 2.20. The summed E-state index contributed by atoms with van der Waals surface area (Å²) >= 11 is 0. The van der Waals surface area contributed by atoms with E-state index in [1.165, 1.54) is 0 Å². The van der Waals surface area contributed by atoms with E-state index in [-0.39, 0.29) is 5.91 Å². The first-order valence-corrected chi connectivity index (χ1v) is 6.64. The molecule has 1 atom stereocenters. The predicted molar refractivity (Wildman–Crippen MR) is 76.9 cm³/mol. The first-order chi connectivity index (χ1) is 9.10. The molecule has 1 aliphatic heterocycles. The van der Waals surface area contributed by atoms with Crippen molar-refractivity contribution < 1.29 is 4.79 Å². The molecule has 5 nitrogen and oxygen atoms in total. The van der Waals surface area contributed by atoms with Gasteiger partial charge in [0.1, 0.15) is 0 Å². The van der Waals surface area contributed by atoms with Crippen molar-refractivity contribution >= 4 is 11.6 Å². The Labute approximate surface area is 114 Å². The number of carbonyl (C=O) groups excluding carboxylic acids is 1. The summed E-state index contributed by atoms with van der Waals surface area (Å²) in [6, 6.07) is 5.49. The van der Waals surface area contributed by atoms with Gasteiger partial charge in [-0.3, -0.25) is 10.6 Å². The van der Waals surface area contributed by atoms with Crippen LogP contribution in [0.25, 0.3) is 0 Å². The van der Waals surface area contributed by atoms with Crippen molar-refractivity contribution in [1.82, 2.24) is 10.2 Å². The van der Waals surface area contributed by atoms with Gasteiger partial charge in [0.25, 0.3) is 5.91 Å². The lowest BCUT2D eigenvalue weighted by molar-refractivity contribution is 0.0947. The van der Waals surface area contributed by atoms with Crippen LogP contribution in [0.3, 0.4) is 0 Å². The summed E-state index contributed by atoms with van der Waals surface area (Å²) in [5.74, 6) is 5.91. The minimum absolute atomic E-state index is 0.00405. The van der Waals surface area contributed by atoms with Crippen molar-refractivity contribution in [1.29, 1.82) is 0 Å². The molecule has 2 rings (SSSR count). The quantitative estimate of drug-likeness (QED) is 0.558. The van der Waals surface area contributed by atoms with E-state index in [0.29, 0.717) is 11.5 Å². The van der Waals surface area contributed by atoms with Crippen LogP contribution >= 0.6 is 0 Å². The van der Waals surface area contributed by atoms with Crippen LogP contribution in [0.2, 0.25) is 0 Å². The molecule has 0 spiro atoms. The number of nitrogens with one attached hydrogen (secondary N) is 2. The second kappa shape index (κ2) is 6.04. The molecule has 19 heavy (non-hydrogen) atoms. The number of benzene rings is 1. The average molecular weight is 262 g/mol. The largest absolute Gasteiger partial charge is 0.352 e. The number of hydrazine groups is 1. The molecule has 0 aliphatic carbocycles. The van der Waals surface area contributed by atoms with Crippen LogP contribution in [-0.2, 0) is 0 Å². The molecule has 0 bridgehead atoms. The molecule has 0 aromatic heterocycles. The van der Waals surface area contributed by atoms with Crippen LogP contribution in [-0.4, -0.2) is 37.5 Å². The smallest absolute Gasteiger partial charge is 0.251 e. The monoisotopic (exact) mass is 262 g/mol. The van der Waals surface area contributed by atoms with E-state index in [9.17, 15) is 4.79 Å². The second-order valence-corrected chi connectivity index (χ2v) is 5.30. The third kappa shape index (κ3) is 3.45. The maximum absolute atomic E-state index is 12.1. The molecule has 1 unspecified atom stereocenters. The van der Waals surface area contributed by atoms with Gasteiger partial charge in [-0.15, -0.1) is 0 Å². The van der Waals surface area contributed by atoms with E-state index in [0.717, 1.165) is 37.3 Å². The number of anilines is 1. The summed E-state index contributed by atoms with van der Waals surface area (Å²) < 4.78 is 0. The SMILES string of the molecule is Cc1cc(NN)ccc1C(=O)NCC1CCN(C)C1. The summed E-state index contributed by atoms with van der Waals surface area (Å²) in [5.41, 5.74) is 5.03. The Bertz CT molecular complexity index is 461. The number of amides is 1. The van der Waals surface area contributed by atoms with E-state index in [2.05, 4.69) is 22.7 Å². The molecule has 1 aromatic carbocycles. The Morgan fingerprint density at radius 1 is 1.53 bits per heavy atom. The highest BCUT2D eigenvalue weighted by atomic mass is 16.1. The molecule has 1 aromatic rings. The molecular formula is C14H22N4O. The lowest BCUT2D eigenvalue weighted by atomic mass is 10.1. The van der Waals surface area contributed by atoms with Gasteiger partial charge >= 0.3 is 0 Å². The molecule has 0 radical (unpaired) electrons. The van der Waals surface area contributed by atoms with Crippen molar-refractivity contribution in [3.05, 3.63) is 29.3 Å². The number of aryl methyl sites for hydroxylation is 1. The molecule has 1 saturated heterocycles. The molecule has 5 heteroatoms. The summed E-state index contributed by atoms with van der Waals surface area (Å²) in [6.07, 6.45) is 1.16. The van der Waals surface area contributed by atoms with Crippen molar-refractivity contribution in [2.75, 3.05) is 32.1 Å². The second-order valence-electron chi connectivity index (χ2n) is 5.30. The topological polar surface area (TPSA) is 70.4 Å². The van der Waals surface area contributed by atoms with Crippen molar-refractivity contribution in [3.8, 4) is 0 Å². The van der Waals surface area contributed by atoms with E-state index in [4.69, 9.17) is 5.84 Å². The Morgan fingerprint density at radius 3 is 2.89 bits per heavy atom. The first-order valence-electron chi connectivity index (χ1n) is 6.64. The Hall–Kier alpha value is -1.59. The van der Waals surface area contributed by atoms with Crippen molar-refractivity contribution in [3.63, 3.8) is 0 Å². The zero-order valence-corrected chi connectivity index (χ0v) is 11.6. The third-order valence-corrected chi connectivity index (χ3v) is 3.68. The van der Waals surface area contributed by atoms with Crippen LogP contribution < -0.4 is 16.6 Å². The van der Waals surface area contributed by atoms with Crippen LogP contribution in [0.1, 0.15) is 22.3 Å². The molecule has 1 heterocycles. The summed E-state index contributed by atoms with van der Waals surface area (Å²) in [7, 11) is 2.12. The lowest BCUT2D eigenvalue weighted by Gasteiger charge is -2.13. The lowest BCUT2D eigenvalue weighted by Crippen LogP contribution is -2.30. The maximum Gasteiger partial charge on any atom is 0.251 e. The molecular weight excluding hydrogens is 240 g/mol. The molecule has 1 fully saturated rings. The number of hydrogen-bond acceptors (Lipinski definition) is 4. The van der Waals surface area contributed by atoms with E-state index >= 15 is 0 Å². The van der Waals surface area contributed by atoms with Crippen LogP contribution in [0.5, 0.6) is 0 Å². The van der Waals surface area contributed by atoms with Gasteiger partial charge in [0.05, 0.1) is 0 Å². The number of carbonyl (C=O) groups is 1. The number of nitrogens with two attached hydrogens (primary N) is 1. The molecule has 4 N–H and O–H groups in total. The minimum atomic E-state index is -0.00405. The summed E-state index contributed by atoms with van der Waals surface area (Å²) in [6.45, 7) is 4.85. The fourth-order valence-electron chi connectivity index (χ4n) is 2.53. The molecule has 0 saturated carbocycles. The Balaban J connectivity index is 1.92. The minimum Gasteiger partial charge on any atom is -0.352 e. The first kappa shape index (κ1) is 13.8. The molecule has 1 amide bonds.